The van der Waals surface area contributed by atoms with Crippen molar-refractivity contribution in [3.05, 3.63) is 11.2 Å². The Morgan fingerprint density at radius 2 is 2.25 bits per heavy atom. The van der Waals surface area contributed by atoms with E-state index in [1.54, 1.807) is 0 Å². The lowest BCUT2D eigenvalue weighted by atomic mass is 10.1. The van der Waals surface area contributed by atoms with Crippen LogP contribution in [0.4, 0.5) is 0 Å². The van der Waals surface area contributed by atoms with Gasteiger partial charge in [-0.1, -0.05) is 25.4 Å². The van der Waals surface area contributed by atoms with Gasteiger partial charge in [0.25, 0.3) is 0 Å². The molecule has 0 aliphatic heterocycles. The third-order valence-corrected chi connectivity index (χ3v) is 1.52. The Kier molecular flexibility index (Phi) is 5.37. The number of Topliss-reactive ketones (excluding diaryl/α,β-unsaturated/α-hetero) is 1. The fraction of sp³-hybridized carbons (Fsp3) is 0.500. The first-order chi connectivity index (χ1) is 5.57. The average molecular weight is 189 g/mol. The van der Waals surface area contributed by atoms with E-state index >= 15 is 0 Å². The summed E-state index contributed by atoms with van der Waals surface area (Å²) in [6.07, 6.45) is 2.45. The second kappa shape index (κ2) is 5.77. The molecule has 0 aromatic rings. The highest BCUT2D eigenvalue weighted by atomic mass is 35.5. The quantitative estimate of drug-likeness (QED) is 0.643. The Balaban J connectivity index is 3.70. The van der Waals surface area contributed by atoms with Crippen LogP contribution in [-0.4, -0.2) is 18.5 Å². The van der Waals surface area contributed by atoms with E-state index in [1.807, 2.05) is 13.8 Å². The van der Waals surface area contributed by atoms with Crippen LogP contribution in [0.1, 0.15) is 13.8 Å². The van der Waals surface area contributed by atoms with E-state index in [4.69, 9.17) is 17.0 Å². The number of ketones is 1. The molecule has 0 saturated heterocycles. The second-order valence-corrected chi connectivity index (χ2v) is 3.11. The van der Waals surface area contributed by atoms with Gasteiger partial charge in [0.2, 0.25) is 0 Å². The number of carbonyl (C=O) groups is 1. The first-order valence-corrected chi connectivity index (χ1v) is 4.08. The molecular formula is C8H13ClN2O. The maximum absolute atomic E-state index is 11.0. The molecule has 0 aromatic carbocycles. The molecule has 2 N–H and O–H groups in total. The Bertz CT molecular complexity index is 199. The number of nitrogens with one attached hydrogen (secondary N) is 2. The molecule has 0 saturated carbocycles. The predicted octanol–water partition coefficient (Wildman–Crippen LogP) is 1.53. The number of hydrogen-bond acceptors (Lipinski definition) is 3. The summed E-state index contributed by atoms with van der Waals surface area (Å²) < 4.78 is 0. The van der Waals surface area contributed by atoms with Crippen LogP contribution in [0, 0.1) is 11.3 Å². The molecular weight excluding hydrogens is 176 g/mol. The fourth-order valence-corrected chi connectivity index (χ4v) is 0.572. The number of halogens is 1. The van der Waals surface area contributed by atoms with Crippen LogP contribution in [0.25, 0.3) is 0 Å². The molecule has 0 aliphatic rings. The molecule has 0 spiro atoms. The van der Waals surface area contributed by atoms with Gasteiger partial charge < -0.3 is 10.7 Å². The second-order valence-electron chi connectivity index (χ2n) is 2.68. The SMILES string of the molecule is CC(C)C(=O)CN/C=C(/Cl)C=N. The topological polar surface area (TPSA) is 53.0 Å². The minimum atomic E-state index is 0.0321. The monoisotopic (exact) mass is 188 g/mol. The first kappa shape index (κ1) is 11.2. The zero-order valence-corrected chi connectivity index (χ0v) is 7.98. The van der Waals surface area contributed by atoms with Gasteiger partial charge in [0.1, 0.15) is 0 Å². The van der Waals surface area contributed by atoms with Crippen molar-refractivity contribution in [3.63, 3.8) is 0 Å². The van der Waals surface area contributed by atoms with Gasteiger partial charge in [0.15, 0.2) is 5.78 Å². The molecule has 68 valence electrons. The predicted molar refractivity (Wildman–Crippen MR) is 50.6 cm³/mol. The molecule has 0 fully saturated rings. The molecule has 0 radical (unpaired) electrons. The van der Waals surface area contributed by atoms with Crippen molar-refractivity contribution in [3.8, 4) is 0 Å². The molecule has 0 unspecified atom stereocenters. The molecule has 0 amide bonds. The first-order valence-electron chi connectivity index (χ1n) is 3.70. The number of carbonyl (C=O) groups excluding carboxylic acids is 1. The van der Waals surface area contributed by atoms with Crippen molar-refractivity contribution in [1.29, 1.82) is 5.41 Å². The molecule has 0 rings (SSSR count). The summed E-state index contributed by atoms with van der Waals surface area (Å²) in [6.45, 7) is 3.94. The van der Waals surface area contributed by atoms with E-state index in [0.717, 1.165) is 6.21 Å². The van der Waals surface area contributed by atoms with Gasteiger partial charge in [-0.05, 0) is 0 Å². The maximum atomic E-state index is 11.0. The largest absolute Gasteiger partial charge is 0.383 e. The van der Waals surface area contributed by atoms with E-state index < -0.39 is 0 Å². The third-order valence-electron chi connectivity index (χ3n) is 1.30. The summed E-state index contributed by atoms with van der Waals surface area (Å²) in [6, 6.07) is 0. The molecule has 0 bridgehead atoms. The molecule has 3 nitrogen and oxygen atoms in total. The van der Waals surface area contributed by atoms with E-state index in [0.29, 0.717) is 0 Å². The van der Waals surface area contributed by atoms with Crippen LogP contribution in [0.3, 0.4) is 0 Å². The lowest BCUT2D eigenvalue weighted by molar-refractivity contribution is -0.120. The Hall–Kier alpha value is -0.830. The summed E-state index contributed by atoms with van der Waals surface area (Å²) in [7, 11) is 0. The maximum Gasteiger partial charge on any atom is 0.154 e. The van der Waals surface area contributed by atoms with Crippen molar-refractivity contribution in [2.45, 2.75) is 13.8 Å². The van der Waals surface area contributed by atoms with Crippen molar-refractivity contribution in [1.82, 2.24) is 5.32 Å². The van der Waals surface area contributed by atoms with Crippen molar-refractivity contribution in [2.75, 3.05) is 6.54 Å². The summed E-state index contributed by atoms with van der Waals surface area (Å²) in [5.74, 6) is 0.158. The van der Waals surface area contributed by atoms with Crippen LogP contribution in [0.5, 0.6) is 0 Å². The van der Waals surface area contributed by atoms with Crippen molar-refractivity contribution in [2.24, 2.45) is 5.92 Å². The lowest BCUT2D eigenvalue weighted by Crippen LogP contribution is -2.22. The van der Waals surface area contributed by atoms with Crippen LogP contribution < -0.4 is 5.32 Å². The van der Waals surface area contributed by atoms with E-state index in [-0.39, 0.29) is 23.3 Å². The average Bonchev–Trinajstić information content (AvgIpc) is 2.03. The van der Waals surface area contributed by atoms with Crippen LogP contribution in [0.15, 0.2) is 11.2 Å². The minimum Gasteiger partial charge on any atom is -0.383 e. The third kappa shape index (κ3) is 4.91. The Labute approximate surface area is 77.3 Å². The highest BCUT2D eigenvalue weighted by Crippen LogP contribution is 1.94. The highest BCUT2D eigenvalue weighted by molar-refractivity contribution is 6.38. The standard InChI is InChI=1S/C8H13ClN2O/c1-6(2)8(12)5-11-4-7(9)3-10/h3-4,6,10-11H,5H2,1-2H3/b7-4+,10-3?. The highest BCUT2D eigenvalue weighted by Gasteiger charge is 2.04. The van der Waals surface area contributed by atoms with E-state index in [1.165, 1.54) is 6.20 Å². The molecule has 0 aliphatic carbocycles. The molecule has 0 aromatic heterocycles. The van der Waals surface area contributed by atoms with Gasteiger partial charge in [0.05, 0.1) is 11.6 Å². The molecule has 12 heavy (non-hydrogen) atoms. The zero-order valence-electron chi connectivity index (χ0n) is 7.23. The Morgan fingerprint density at radius 1 is 1.67 bits per heavy atom. The van der Waals surface area contributed by atoms with Crippen molar-refractivity contribution < 1.29 is 4.79 Å². The van der Waals surface area contributed by atoms with Crippen LogP contribution in [-0.2, 0) is 4.79 Å². The minimum absolute atomic E-state index is 0.0321. The van der Waals surface area contributed by atoms with Crippen molar-refractivity contribution >= 4 is 23.6 Å². The van der Waals surface area contributed by atoms with Gasteiger partial charge in [-0.15, -0.1) is 0 Å². The summed E-state index contributed by atoms with van der Waals surface area (Å²) >= 11 is 5.47. The van der Waals surface area contributed by atoms with Gasteiger partial charge >= 0.3 is 0 Å². The zero-order chi connectivity index (χ0) is 9.56. The van der Waals surface area contributed by atoms with Gasteiger partial charge in [-0.3, -0.25) is 4.79 Å². The lowest BCUT2D eigenvalue weighted by Gasteiger charge is -2.02. The molecule has 4 heteroatoms. The van der Waals surface area contributed by atoms with Gasteiger partial charge in [0, 0.05) is 18.3 Å². The van der Waals surface area contributed by atoms with Crippen LogP contribution >= 0.6 is 11.6 Å². The number of hydrogen-bond donors (Lipinski definition) is 2. The van der Waals surface area contributed by atoms with E-state index in [2.05, 4.69) is 5.32 Å². The van der Waals surface area contributed by atoms with Crippen LogP contribution in [0.2, 0.25) is 0 Å². The van der Waals surface area contributed by atoms with E-state index in [9.17, 15) is 4.79 Å². The fourth-order valence-electron chi connectivity index (χ4n) is 0.495. The summed E-state index contributed by atoms with van der Waals surface area (Å²) in [5.41, 5.74) is 0. The van der Waals surface area contributed by atoms with Gasteiger partial charge in [-0.2, -0.15) is 0 Å². The molecule has 0 heterocycles. The van der Waals surface area contributed by atoms with Gasteiger partial charge in [-0.25, -0.2) is 0 Å². The summed E-state index contributed by atoms with van der Waals surface area (Å²) in [5, 5.41) is 9.74. The number of rotatable bonds is 5. The summed E-state index contributed by atoms with van der Waals surface area (Å²) in [4.78, 5) is 11.0. The smallest absolute Gasteiger partial charge is 0.154 e. The number of allylic oxidation sites excluding steroid dienone is 1. The molecule has 0 atom stereocenters. The normalized spacial score (nSPS) is 11.5. The Morgan fingerprint density at radius 3 is 2.67 bits per heavy atom.